The molecule has 0 aliphatic carbocycles. The summed E-state index contributed by atoms with van der Waals surface area (Å²) in [7, 11) is 0. The first-order valence-corrected chi connectivity index (χ1v) is 6.70. The van der Waals surface area contributed by atoms with Crippen molar-refractivity contribution in [3.05, 3.63) is 54.1 Å². The Balaban J connectivity index is 2.02. The molecule has 2 aromatic rings. The molecule has 0 aliphatic rings. The molecular formula is C16H20N2O2. The van der Waals surface area contributed by atoms with E-state index in [1.54, 1.807) is 0 Å². The van der Waals surface area contributed by atoms with E-state index in [-0.39, 0.29) is 0 Å². The van der Waals surface area contributed by atoms with Crippen LogP contribution in [0.1, 0.15) is 18.6 Å². The van der Waals surface area contributed by atoms with Crippen LogP contribution < -0.4 is 15.8 Å². The Morgan fingerprint density at radius 2 is 1.90 bits per heavy atom. The van der Waals surface area contributed by atoms with E-state index in [9.17, 15) is 5.11 Å². The molecule has 0 saturated carbocycles. The number of hydrogen-bond donors (Lipinski definition) is 3. The Labute approximate surface area is 119 Å². The number of nitrogens with two attached hydrogens (primary N) is 1. The van der Waals surface area contributed by atoms with Gasteiger partial charge in [0.25, 0.3) is 0 Å². The zero-order valence-corrected chi connectivity index (χ0v) is 11.5. The van der Waals surface area contributed by atoms with Crippen molar-refractivity contribution in [2.45, 2.75) is 13.0 Å². The van der Waals surface area contributed by atoms with Gasteiger partial charge in [0.05, 0.1) is 24.1 Å². The van der Waals surface area contributed by atoms with Crippen molar-refractivity contribution >= 4 is 11.4 Å². The van der Waals surface area contributed by atoms with Gasteiger partial charge in [-0.25, -0.2) is 0 Å². The Bertz CT molecular complexity index is 543. The summed E-state index contributed by atoms with van der Waals surface area (Å²) in [6.07, 6.45) is -0.577. The highest BCUT2D eigenvalue weighted by Crippen LogP contribution is 2.29. The number of aliphatic hydroxyl groups is 1. The van der Waals surface area contributed by atoms with Gasteiger partial charge in [-0.15, -0.1) is 0 Å². The van der Waals surface area contributed by atoms with Crippen LogP contribution in [0.4, 0.5) is 11.4 Å². The normalized spacial score (nSPS) is 11.9. The largest absolute Gasteiger partial charge is 0.492 e. The first kappa shape index (κ1) is 14.2. The highest BCUT2D eigenvalue weighted by molar-refractivity contribution is 5.72. The van der Waals surface area contributed by atoms with E-state index in [1.165, 1.54) is 0 Å². The van der Waals surface area contributed by atoms with Crippen LogP contribution in [-0.2, 0) is 0 Å². The molecule has 4 N–H and O–H groups in total. The second kappa shape index (κ2) is 6.82. The molecule has 1 unspecified atom stereocenters. The van der Waals surface area contributed by atoms with Crippen LogP contribution in [0.5, 0.6) is 5.75 Å². The zero-order valence-electron chi connectivity index (χ0n) is 11.5. The van der Waals surface area contributed by atoms with Crippen LogP contribution >= 0.6 is 0 Å². The predicted octanol–water partition coefficient (Wildman–Crippen LogP) is 2.81. The van der Waals surface area contributed by atoms with E-state index < -0.39 is 6.10 Å². The highest BCUT2D eigenvalue weighted by atomic mass is 16.5. The summed E-state index contributed by atoms with van der Waals surface area (Å²) in [6.45, 7) is 2.88. The number of ether oxygens (including phenoxy) is 1. The Morgan fingerprint density at radius 1 is 1.15 bits per heavy atom. The molecule has 4 nitrogen and oxygen atoms in total. The summed E-state index contributed by atoms with van der Waals surface area (Å²) in [6, 6.07) is 15.1. The van der Waals surface area contributed by atoms with Crippen LogP contribution in [0, 0.1) is 0 Å². The number of para-hydroxylation sites is 1. The molecule has 2 aromatic carbocycles. The van der Waals surface area contributed by atoms with Crippen molar-refractivity contribution in [3.8, 4) is 5.75 Å². The average molecular weight is 272 g/mol. The summed E-state index contributed by atoms with van der Waals surface area (Å²) in [4.78, 5) is 0. The molecule has 0 aliphatic heterocycles. The van der Waals surface area contributed by atoms with Gasteiger partial charge in [0.2, 0.25) is 0 Å². The lowest BCUT2D eigenvalue weighted by atomic mass is 10.1. The highest BCUT2D eigenvalue weighted by Gasteiger charge is 2.09. The third-order valence-corrected chi connectivity index (χ3v) is 3.04. The number of nitrogens with one attached hydrogen (secondary N) is 1. The van der Waals surface area contributed by atoms with E-state index >= 15 is 0 Å². The van der Waals surface area contributed by atoms with Crippen LogP contribution in [-0.4, -0.2) is 18.3 Å². The SMILES string of the molecule is CCOc1cccc(NCC(O)c2ccccc2)c1N. The molecule has 0 amide bonds. The lowest BCUT2D eigenvalue weighted by Crippen LogP contribution is -2.13. The minimum Gasteiger partial charge on any atom is -0.492 e. The molecule has 20 heavy (non-hydrogen) atoms. The van der Waals surface area contributed by atoms with Gasteiger partial charge in [0, 0.05) is 6.54 Å². The number of hydrogen-bond acceptors (Lipinski definition) is 4. The van der Waals surface area contributed by atoms with Gasteiger partial charge in [0.1, 0.15) is 5.75 Å². The third-order valence-electron chi connectivity index (χ3n) is 3.04. The molecule has 2 rings (SSSR count). The summed E-state index contributed by atoms with van der Waals surface area (Å²) >= 11 is 0. The maximum Gasteiger partial charge on any atom is 0.144 e. The second-order valence-corrected chi connectivity index (χ2v) is 4.46. The van der Waals surface area contributed by atoms with E-state index in [4.69, 9.17) is 10.5 Å². The van der Waals surface area contributed by atoms with Crippen molar-refractivity contribution in [1.29, 1.82) is 0 Å². The van der Waals surface area contributed by atoms with E-state index in [2.05, 4.69) is 5.32 Å². The van der Waals surface area contributed by atoms with Gasteiger partial charge < -0.3 is 20.9 Å². The Hall–Kier alpha value is -2.20. The summed E-state index contributed by atoms with van der Waals surface area (Å²) in [5.74, 6) is 0.659. The number of aliphatic hydroxyl groups excluding tert-OH is 1. The maximum absolute atomic E-state index is 10.1. The summed E-state index contributed by atoms with van der Waals surface area (Å²) < 4.78 is 5.44. The molecule has 0 radical (unpaired) electrons. The Kier molecular flexibility index (Phi) is 4.85. The molecule has 0 saturated heterocycles. The van der Waals surface area contributed by atoms with E-state index in [0.29, 0.717) is 24.6 Å². The predicted molar refractivity (Wildman–Crippen MR) is 81.9 cm³/mol. The minimum absolute atomic E-state index is 0.393. The molecular weight excluding hydrogens is 252 g/mol. The molecule has 1 atom stereocenters. The average Bonchev–Trinajstić information content (AvgIpc) is 2.49. The van der Waals surface area contributed by atoms with Crippen molar-refractivity contribution in [2.24, 2.45) is 0 Å². The molecule has 4 heteroatoms. The molecule has 0 heterocycles. The number of rotatable bonds is 6. The smallest absolute Gasteiger partial charge is 0.144 e. The van der Waals surface area contributed by atoms with Gasteiger partial charge in [-0.2, -0.15) is 0 Å². The van der Waals surface area contributed by atoms with Gasteiger partial charge in [0.15, 0.2) is 0 Å². The van der Waals surface area contributed by atoms with Gasteiger partial charge in [-0.05, 0) is 24.6 Å². The molecule has 0 spiro atoms. The number of benzene rings is 2. The van der Waals surface area contributed by atoms with Crippen molar-refractivity contribution in [2.75, 3.05) is 24.2 Å². The maximum atomic E-state index is 10.1. The standard InChI is InChI=1S/C16H20N2O2/c1-2-20-15-10-6-9-13(16(15)17)18-11-14(19)12-7-4-3-5-8-12/h3-10,14,18-19H,2,11,17H2,1H3. The Morgan fingerprint density at radius 3 is 2.60 bits per heavy atom. The van der Waals surface area contributed by atoms with Crippen LogP contribution in [0.25, 0.3) is 0 Å². The fourth-order valence-corrected chi connectivity index (χ4v) is 1.98. The monoisotopic (exact) mass is 272 g/mol. The molecule has 0 aromatic heterocycles. The lowest BCUT2D eigenvalue weighted by Gasteiger charge is -2.16. The molecule has 0 fully saturated rings. The van der Waals surface area contributed by atoms with E-state index in [0.717, 1.165) is 11.3 Å². The minimum atomic E-state index is -0.577. The van der Waals surface area contributed by atoms with Crippen molar-refractivity contribution in [3.63, 3.8) is 0 Å². The second-order valence-electron chi connectivity index (χ2n) is 4.46. The number of nitrogen functional groups attached to an aromatic ring is 1. The summed E-state index contributed by atoms with van der Waals surface area (Å²) in [5.41, 5.74) is 8.23. The first-order chi connectivity index (χ1) is 9.72. The van der Waals surface area contributed by atoms with Crippen LogP contribution in [0.3, 0.4) is 0 Å². The quantitative estimate of drug-likeness (QED) is 0.707. The fraction of sp³-hybridized carbons (Fsp3) is 0.250. The van der Waals surface area contributed by atoms with Crippen molar-refractivity contribution < 1.29 is 9.84 Å². The van der Waals surface area contributed by atoms with Crippen LogP contribution in [0.15, 0.2) is 48.5 Å². The fourth-order valence-electron chi connectivity index (χ4n) is 1.98. The third kappa shape index (κ3) is 3.42. The van der Waals surface area contributed by atoms with Gasteiger partial charge in [-0.3, -0.25) is 0 Å². The van der Waals surface area contributed by atoms with E-state index in [1.807, 2.05) is 55.5 Å². The van der Waals surface area contributed by atoms with Gasteiger partial charge >= 0.3 is 0 Å². The van der Waals surface area contributed by atoms with Gasteiger partial charge in [-0.1, -0.05) is 36.4 Å². The summed E-state index contributed by atoms with van der Waals surface area (Å²) in [5, 5.41) is 13.3. The topological polar surface area (TPSA) is 67.5 Å². The lowest BCUT2D eigenvalue weighted by molar-refractivity contribution is 0.191. The molecule has 0 bridgehead atoms. The number of anilines is 2. The molecule has 106 valence electrons. The van der Waals surface area contributed by atoms with Crippen LogP contribution in [0.2, 0.25) is 0 Å². The zero-order chi connectivity index (χ0) is 14.4. The first-order valence-electron chi connectivity index (χ1n) is 6.70. The van der Waals surface area contributed by atoms with Crippen molar-refractivity contribution in [1.82, 2.24) is 0 Å².